The van der Waals surface area contributed by atoms with Crippen molar-refractivity contribution in [1.29, 1.82) is 0 Å². The highest BCUT2D eigenvalue weighted by molar-refractivity contribution is 6.33. The minimum Gasteiger partial charge on any atom is -0.338 e. The molecule has 2 aromatic heterocycles. The first-order valence-electron chi connectivity index (χ1n) is 8.48. The number of halogens is 2. The number of carbonyl (C=O) groups is 1. The first-order valence-corrected chi connectivity index (χ1v) is 8.86. The van der Waals surface area contributed by atoms with E-state index in [2.05, 4.69) is 20.5 Å². The van der Waals surface area contributed by atoms with Crippen LogP contribution in [0.3, 0.4) is 0 Å². The minimum absolute atomic E-state index is 0.114. The summed E-state index contributed by atoms with van der Waals surface area (Å²) in [6, 6.07) is 3.92. The van der Waals surface area contributed by atoms with E-state index < -0.39 is 5.82 Å². The van der Waals surface area contributed by atoms with Crippen molar-refractivity contribution in [2.24, 2.45) is 0 Å². The SMILES string of the molecule is Cc1noc(-c2cn(C3CCN(C(=O)c4ccc(F)cc4Cl)CC3)nn2)n1. The summed E-state index contributed by atoms with van der Waals surface area (Å²) in [7, 11) is 0. The third-order valence-electron chi connectivity index (χ3n) is 4.54. The van der Waals surface area contributed by atoms with Crippen LogP contribution in [0.5, 0.6) is 0 Å². The van der Waals surface area contributed by atoms with E-state index in [4.69, 9.17) is 16.1 Å². The summed E-state index contributed by atoms with van der Waals surface area (Å²) in [4.78, 5) is 18.5. The molecule has 1 aromatic carbocycles. The number of benzene rings is 1. The summed E-state index contributed by atoms with van der Waals surface area (Å²) < 4.78 is 20.0. The highest BCUT2D eigenvalue weighted by Crippen LogP contribution is 2.26. The fourth-order valence-corrected chi connectivity index (χ4v) is 3.37. The van der Waals surface area contributed by atoms with E-state index in [0.717, 1.165) is 18.9 Å². The van der Waals surface area contributed by atoms with E-state index in [-0.39, 0.29) is 17.0 Å². The van der Waals surface area contributed by atoms with E-state index in [1.807, 2.05) is 0 Å². The largest absolute Gasteiger partial charge is 0.338 e. The monoisotopic (exact) mass is 390 g/mol. The number of hydrogen-bond donors (Lipinski definition) is 0. The predicted molar refractivity (Wildman–Crippen MR) is 93.6 cm³/mol. The van der Waals surface area contributed by atoms with Crippen LogP contribution in [-0.2, 0) is 0 Å². The molecule has 0 unspecified atom stereocenters. The predicted octanol–water partition coefficient (Wildman–Crippen LogP) is 2.91. The zero-order valence-corrected chi connectivity index (χ0v) is 15.2. The van der Waals surface area contributed by atoms with Crippen molar-refractivity contribution in [1.82, 2.24) is 30.0 Å². The second-order valence-electron chi connectivity index (χ2n) is 6.38. The zero-order chi connectivity index (χ0) is 19.0. The summed E-state index contributed by atoms with van der Waals surface area (Å²) in [5.74, 6) is 0.205. The van der Waals surface area contributed by atoms with Crippen LogP contribution in [-0.4, -0.2) is 49.0 Å². The Morgan fingerprint density at radius 2 is 2.11 bits per heavy atom. The molecule has 27 heavy (non-hydrogen) atoms. The van der Waals surface area contributed by atoms with Gasteiger partial charge in [-0.15, -0.1) is 5.10 Å². The molecule has 1 saturated heterocycles. The zero-order valence-electron chi connectivity index (χ0n) is 14.5. The van der Waals surface area contributed by atoms with Crippen molar-refractivity contribution < 1.29 is 13.7 Å². The van der Waals surface area contributed by atoms with Gasteiger partial charge in [-0.1, -0.05) is 22.0 Å². The van der Waals surface area contributed by atoms with Gasteiger partial charge in [0, 0.05) is 13.1 Å². The van der Waals surface area contributed by atoms with Gasteiger partial charge in [-0.3, -0.25) is 4.79 Å². The fourth-order valence-electron chi connectivity index (χ4n) is 3.12. The van der Waals surface area contributed by atoms with Gasteiger partial charge in [0.05, 0.1) is 22.8 Å². The molecule has 1 amide bonds. The van der Waals surface area contributed by atoms with Crippen molar-refractivity contribution >= 4 is 17.5 Å². The third-order valence-corrected chi connectivity index (χ3v) is 4.86. The third kappa shape index (κ3) is 3.55. The van der Waals surface area contributed by atoms with E-state index in [9.17, 15) is 9.18 Å². The Balaban J connectivity index is 1.42. The van der Waals surface area contributed by atoms with E-state index in [1.165, 1.54) is 12.1 Å². The van der Waals surface area contributed by atoms with Crippen LogP contribution < -0.4 is 0 Å². The molecule has 0 aliphatic carbocycles. The maximum Gasteiger partial charge on any atom is 0.280 e. The number of aryl methyl sites for hydroxylation is 1. The lowest BCUT2D eigenvalue weighted by molar-refractivity contribution is 0.0689. The van der Waals surface area contributed by atoms with Gasteiger partial charge in [-0.25, -0.2) is 9.07 Å². The number of rotatable bonds is 3. The Kier molecular flexibility index (Phi) is 4.61. The number of aromatic nitrogens is 5. The lowest BCUT2D eigenvalue weighted by Crippen LogP contribution is -2.39. The molecule has 0 saturated carbocycles. The van der Waals surface area contributed by atoms with Gasteiger partial charge in [0.1, 0.15) is 5.82 Å². The quantitative estimate of drug-likeness (QED) is 0.683. The lowest BCUT2D eigenvalue weighted by Gasteiger charge is -2.32. The smallest absolute Gasteiger partial charge is 0.280 e. The summed E-state index contributed by atoms with van der Waals surface area (Å²) in [6.07, 6.45) is 3.21. The molecule has 8 nitrogen and oxygen atoms in total. The van der Waals surface area contributed by atoms with Crippen LogP contribution in [0.1, 0.15) is 35.1 Å². The first-order chi connectivity index (χ1) is 13.0. The standard InChI is InChI=1S/C17H16ClFN6O2/c1-10-20-16(27-22-10)15-9-25(23-21-15)12-4-6-24(7-5-12)17(26)13-3-2-11(19)8-14(13)18/h2-3,8-9,12H,4-7H2,1H3. The number of hydrogen-bond acceptors (Lipinski definition) is 6. The minimum atomic E-state index is -0.464. The van der Waals surface area contributed by atoms with Crippen LogP contribution in [0, 0.1) is 12.7 Å². The number of nitrogens with zero attached hydrogens (tertiary/aromatic N) is 6. The molecule has 0 atom stereocenters. The molecule has 0 spiro atoms. The van der Waals surface area contributed by atoms with Gasteiger partial charge < -0.3 is 9.42 Å². The molecular weight excluding hydrogens is 375 g/mol. The molecule has 1 aliphatic rings. The van der Waals surface area contributed by atoms with Crippen LogP contribution in [0.4, 0.5) is 4.39 Å². The molecule has 10 heteroatoms. The van der Waals surface area contributed by atoms with Crippen LogP contribution in [0.2, 0.25) is 5.02 Å². The van der Waals surface area contributed by atoms with Crippen LogP contribution >= 0.6 is 11.6 Å². The van der Waals surface area contributed by atoms with Crippen LogP contribution in [0.15, 0.2) is 28.9 Å². The van der Waals surface area contributed by atoms with Gasteiger partial charge in [-0.2, -0.15) is 4.98 Å². The second-order valence-corrected chi connectivity index (χ2v) is 6.79. The number of piperidine rings is 1. The van der Waals surface area contributed by atoms with Crippen molar-refractivity contribution in [3.63, 3.8) is 0 Å². The van der Waals surface area contributed by atoms with Crippen molar-refractivity contribution in [2.45, 2.75) is 25.8 Å². The Labute approximate surface area is 158 Å². The van der Waals surface area contributed by atoms with Gasteiger partial charge in [0.15, 0.2) is 11.5 Å². The molecule has 1 aliphatic heterocycles. The van der Waals surface area contributed by atoms with E-state index >= 15 is 0 Å². The number of carbonyl (C=O) groups excluding carboxylic acids is 1. The molecule has 4 rings (SSSR count). The lowest BCUT2D eigenvalue weighted by atomic mass is 10.0. The molecule has 3 aromatic rings. The highest BCUT2D eigenvalue weighted by atomic mass is 35.5. The summed E-state index contributed by atoms with van der Waals surface area (Å²) >= 11 is 6.00. The van der Waals surface area contributed by atoms with Gasteiger partial charge >= 0.3 is 0 Å². The topological polar surface area (TPSA) is 89.9 Å². The summed E-state index contributed by atoms with van der Waals surface area (Å²) in [5.41, 5.74) is 0.832. The van der Waals surface area contributed by atoms with E-state index in [1.54, 1.807) is 22.7 Å². The molecule has 3 heterocycles. The Morgan fingerprint density at radius 1 is 1.33 bits per heavy atom. The average Bonchev–Trinajstić information content (AvgIpc) is 3.30. The van der Waals surface area contributed by atoms with Crippen LogP contribution in [0.25, 0.3) is 11.6 Å². The molecule has 0 N–H and O–H groups in total. The highest BCUT2D eigenvalue weighted by Gasteiger charge is 2.27. The summed E-state index contributed by atoms with van der Waals surface area (Å²) in [6.45, 7) is 2.83. The van der Waals surface area contributed by atoms with Crippen molar-refractivity contribution in [3.05, 3.63) is 46.6 Å². The van der Waals surface area contributed by atoms with Gasteiger partial charge in [0.25, 0.3) is 11.8 Å². The molecular formula is C17H16ClFN6O2. The Morgan fingerprint density at radius 3 is 2.78 bits per heavy atom. The molecule has 0 bridgehead atoms. The maximum atomic E-state index is 13.2. The van der Waals surface area contributed by atoms with E-state index in [0.29, 0.717) is 36.1 Å². The average molecular weight is 391 g/mol. The number of amides is 1. The van der Waals surface area contributed by atoms with Crippen molar-refractivity contribution in [2.75, 3.05) is 13.1 Å². The molecule has 0 radical (unpaired) electrons. The maximum absolute atomic E-state index is 13.2. The van der Waals surface area contributed by atoms with Gasteiger partial charge in [-0.05, 0) is 38.0 Å². The molecule has 140 valence electrons. The first kappa shape index (κ1) is 17.6. The summed E-state index contributed by atoms with van der Waals surface area (Å²) in [5, 5.41) is 12.1. The second kappa shape index (κ2) is 7.07. The van der Waals surface area contributed by atoms with Crippen molar-refractivity contribution in [3.8, 4) is 11.6 Å². The normalized spacial score (nSPS) is 15.3. The fraction of sp³-hybridized carbons (Fsp3) is 0.353. The van der Waals surface area contributed by atoms with Gasteiger partial charge in [0.2, 0.25) is 0 Å². The Hall–Kier alpha value is -2.81. The Bertz CT molecular complexity index is 979. The number of likely N-dealkylation sites (tertiary alicyclic amines) is 1. The molecule has 1 fully saturated rings.